The molecule has 0 spiro atoms. The third kappa shape index (κ3) is 5.14. The Kier molecular flexibility index (Phi) is 5.91. The summed E-state index contributed by atoms with van der Waals surface area (Å²) in [4.78, 5) is 23.2. The van der Waals surface area contributed by atoms with Gasteiger partial charge in [-0.1, -0.05) is 23.7 Å². The lowest BCUT2D eigenvalue weighted by atomic mass is 10.3. The number of sulfonamides is 1. The largest absolute Gasteiger partial charge is 0.482 e. The van der Waals surface area contributed by atoms with E-state index in [0.717, 1.165) is 24.3 Å². The number of para-hydroxylation sites is 1. The zero-order chi connectivity index (χ0) is 18.4. The minimum atomic E-state index is -4.08. The average molecular weight is 386 g/mol. The number of ether oxygens (including phenoxy) is 1. The van der Waals surface area contributed by atoms with Crippen molar-refractivity contribution in [1.29, 1.82) is 0 Å². The average Bonchev–Trinajstić information content (AvgIpc) is 2.59. The molecule has 0 fully saturated rings. The molecule has 11 heteroatoms. The lowest BCUT2D eigenvalue weighted by Gasteiger charge is -2.10. The van der Waals surface area contributed by atoms with Gasteiger partial charge in [-0.3, -0.25) is 20.3 Å². The van der Waals surface area contributed by atoms with Gasteiger partial charge in [-0.2, -0.15) is 0 Å². The van der Waals surface area contributed by atoms with Crippen LogP contribution < -0.4 is 15.0 Å². The first-order chi connectivity index (χ1) is 11.8. The number of non-ortho nitro benzene ring substituents is 1. The summed E-state index contributed by atoms with van der Waals surface area (Å²) in [6, 6.07) is 10.7. The fourth-order valence-electron chi connectivity index (χ4n) is 1.67. The Morgan fingerprint density at radius 1 is 1.16 bits per heavy atom. The number of hydrogen-bond donors (Lipinski definition) is 2. The molecule has 0 atom stereocenters. The van der Waals surface area contributed by atoms with E-state index < -0.39 is 27.5 Å². The number of hydrazine groups is 1. The Labute approximate surface area is 147 Å². The van der Waals surface area contributed by atoms with E-state index in [-0.39, 0.29) is 16.3 Å². The summed E-state index contributed by atoms with van der Waals surface area (Å²) in [6.07, 6.45) is 0. The molecule has 0 aromatic heterocycles. The SMILES string of the molecule is O=C(COc1ccccc1Cl)NNS(=O)(=O)c1ccc([N+](=O)[O-])cc1. The van der Waals surface area contributed by atoms with Gasteiger partial charge in [0.1, 0.15) is 5.75 Å². The van der Waals surface area contributed by atoms with Crippen molar-refractivity contribution < 1.29 is 22.9 Å². The number of nitrogens with one attached hydrogen (secondary N) is 2. The Morgan fingerprint density at radius 2 is 1.80 bits per heavy atom. The third-order valence-electron chi connectivity index (χ3n) is 2.88. The standard InChI is InChI=1S/C14H12ClN3O6S/c15-12-3-1-2-4-13(12)24-9-14(19)16-17-25(22,23)11-7-5-10(6-8-11)18(20)21/h1-8,17H,9H2,(H,16,19). The predicted octanol–water partition coefficient (Wildman–Crippen LogP) is 1.64. The van der Waals surface area contributed by atoms with Crippen LogP contribution in [0.25, 0.3) is 0 Å². The number of carbonyl (C=O) groups is 1. The van der Waals surface area contributed by atoms with Crippen molar-refractivity contribution >= 4 is 33.2 Å². The van der Waals surface area contributed by atoms with Crippen molar-refractivity contribution in [2.45, 2.75) is 4.90 Å². The molecule has 0 saturated heterocycles. The molecule has 9 nitrogen and oxygen atoms in total. The topological polar surface area (TPSA) is 128 Å². The van der Waals surface area contributed by atoms with Gasteiger partial charge >= 0.3 is 0 Å². The van der Waals surface area contributed by atoms with E-state index in [0.29, 0.717) is 5.02 Å². The molecule has 0 aliphatic rings. The van der Waals surface area contributed by atoms with E-state index in [2.05, 4.69) is 0 Å². The summed E-state index contributed by atoms with van der Waals surface area (Å²) in [5.74, 6) is -0.483. The van der Waals surface area contributed by atoms with Crippen LogP contribution in [0, 0.1) is 10.1 Å². The number of nitro groups is 1. The maximum Gasteiger partial charge on any atom is 0.272 e. The number of rotatable bonds is 7. The van der Waals surface area contributed by atoms with Crippen molar-refractivity contribution in [2.75, 3.05) is 6.61 Å². The molecule has 0 radical (unpaired) electrons. The molecule has 0 aliphatic carbocycles. The van der Waals surface area contributed by atoms with Gasteiger partial charge in [0.15, 0.2) is 6.61 Å². The molecule has 25 heavy (non-hydrogen) atoms. The van der Waals surface area contributed by atoms with Gasteiger partial charge in [-0.05, 0) is 24.3 Å². The highest BCUT2D eigenvalue weighted by molar-refractivity contribution is 7.89. The highest BCUT2D eigenvalue weighted by Crippen LogP contribution is 2.22. The van der Waals surface area contributed by atoms with E-state index in [1.807, 2.05) is 10.3 Å². The predicted molar refractivity (Wildman–Crippen MR) is 88.5 cm³/mol. The number of halogens is 1. The summed E-state index contributed by atoms with van der Waals surface area (Å²) < 4.78 is 29.1. The molecule has 0 bridgehead atoms. The van der Waals surface area contributed by atoms with Crippen molar-refractivity contribution in [3.63, 3.8) is 0 Å². The third-order valence-corrected chi connectivity index (χ3v) is 4.45. The summed E-state index contributed by atoms with van der Waals surface area (Å²) in [5, 5.41) is 10.9. The van der Waals surface area contributed by atoms with Crippen LogP contribution in [0.5, 0.6) is 5.75 Å². The summed E-state index contributed by atoms with van der Waals surface area (Å²) in [7, 11) is -4.08. The molecule has 0 heterocycles. The molecule has 0 unspecified atom stereocenters. The van der Waals surface area contributed by atoms with Crippen LogP contribution in [0.2, 0.25) is 5.02 Å². The Morgan fingerprint density at radius 3 is 2.40 bits per heavy atom. The van der Waals surface area contributed by atoms with Crippen LogP contribution >= 0.6 is 11.6 Å². The normalized spacial score (nSPS) is 10.9. The van der Waals surface area contributed by atoms with Crippen molar-refractivity contribution in [1.82, 2.24) is 10.3 Å². The summed E-state index contributed by atoms with van der Waals surface area (Å²) in [5.41, 5.74) is 1.72. The first-order valence-corrected chi connectivity index (χ1v) is 8.58. The zero-order valence-electron chi connectivity index (χ0n) is 12.5. The molecule has 0 saturated carbocycles. The number of hydrogen-bond acceptors (Lipinski definition) is 6. The molecule has 1 amide bonds. The smallest absolute Gasteiger partial charge is 0.272 e. The molecule has 2 rings (SSSR count). The molecular formula is C14H12ClN3O6S. The number of benzene rings is 2. The van der Waals surface area contributed by atoms with Crippen LogP contribution in [0.4, 0.5) is 5.69 Å². The lowest BCUT2D eigenvalue weighted by Crippen LogP contribution is -2.43. The summed E-state index contributed by atoms with van der Waals surface area (Å²) >= 11 is 5.86. The second-order valence-electron chi connectivity index (χ2n) is 4.62. The van der Waals surface area contributed by atoms with Gasteiger partial charge in [0.25, 0.3) is 21.6 Å². The van der Waals surface area contributed by atoms with E-state index >= 15 is 0 Å². The molecular weight excluding hydrogens is 374 g/mol. The highest BCUT2D eigenvalue weighted by Gasteiger charge is 2.17. The molecule has 0 aliphatic heterocycles. The van der Waals surface area contributed by atoms with E-state index in [9.17, 15) is 23.3 Å². The van der Waals surface area contributed by atoms with E-state index in [1.54, 1.807) is 24.3 Å². The Hall–Kier alpha value is -2.69. The van der Waals surface area contributed by atoms with Gasteiger partial charge in [0, 0.05) is 12.1 Å². The lowest BCUT2D eigenvalue weighted by molar-refractivity contribution is -0.384. The Bertz CT molecular complexity index is 886. The van der Waals surface area contributed by atoms with Crippen LogP contribution in [-0.4, -0.2) is 25.9 Å². The molecule has 132 valence electrons. The van der Waals surface area contributed by atoms with Crippen LogP contribution in [0.15, 0.2) is 53.4 Å². The van der Waals surface area contributed by atoms with Gasteiger partial charge in [0.05, 0.1) is 14.8 Å². The number of nitrogens with zero attached hydrogens (tertiary/aromatic N) is 1. The van der Waals surface area contributed by atoms with Crippen molar-refractivity contribution in [3.05, 3.63) is 63.7 Å². The zero-order valence-corrected chi connectivity index (χ0v) is 14.1. The van der Waals surface area contributed by atoms with Crippen LogP contribution in [-0.2, 0) is 14.8 Å². The second kappa shape index (κ2) is 7.92. The maximum absolute atomic E-state index is 12.0. The van der Waals surface area contributed by atoms with Crippen LogP contribution in [0.3, 0.4) is 0 Å². The fraction of sp³-hybridized carbons (Fsp3) is 0.0714. The molecule has 2 N–H and O–H groups in total. The minimum absolute atomic E-state index is 0.245. The van der Waals surface area contributed by atoms with Gasteiger partial charge < -0.3 is 4.74 Å². The monoisotopic (exact) mass is 385 g/mol. The van der Waals surface area contributed by atoms with Gasteiger partial charge in [-0.15, -0.1) is 4.83 Å². The second-order valence-corrected chi connectivity index (χ2v) is 6.71. The number of amides is 1. The number of nitro benzene ring substituents is 1. The molecule has 2 aromatic carbocycles. The number of carbonyl (C=O) groups excluding carboxylic acids is 1. The quantitative estimate of drug-likeness (QED) is 0.550. The fourth-order valence-corrected chi connectivity index (χ4v) is 2.72. The van der Waals surface area contributed by atoms with Crippen molar-refractivity contribution in [3.8, 4) is 5.75 Å². The minimum Gasteiger partial charge on any atom is -0.482 e. The first-order valence-electron chi connectivity index (χ1n) is 6.72. The summed E-state index contributed by atoms with van der Waals surface area (Å²) in [6.45, 7) is -0.466. The first kappa shape index (κ1) is 18.6. The Balaban J connectivity index is 1.91. The van der Waals surface area contributed by atoms with Gasteiger partial charge in [0.2, 0.25) is 0 Å². The van der Waals surface area contributed by atoms with Gasteiger partial charge in [-0.25, -0.2) is 8.42 Å². The van der Waals surface area contributed by atoms with Crippen molar-refractivity contribution in [2.24, 2.45) is 0 Å². The van der Waals surface area contributed by atoms with Crippen LogP contribution in [0.1, 0.15) is 0 Å². The van der Waals surface area contributed by atoms with E-state index in [1.165, 1.54) is 0 Å². The molecule has 2 aromatic rings. The highest BCUT2D eigenvalue weighted by atomic mass is 35.5. The van der Waals surface area contributed by atoms with E-state index in [4.69, 9.17) is 16.3 Å². The maximum atomic E-state index is 12.0.